The summed E-state index contributed by atoms with van der Waals surface area (Å²) in [6.07, 6.45) is 0.967. The highest BCUT2D eigenvalue weighted by atomic mass is 32.2. The zero-order valence-electron chi connectivity index (χ0n) is 14.3. The second-order valence-electron chi connectivity index (χ2n) is 5.97. The van der Waals surface area contributed by atoms with Gasteiger partial charge in [-0.25, -0.2) is 4.39 Å². The Kier molecular flexibility index (Phi) is 6.45. The normalized spacial score (nSPS) is 10.5. The first-order chi connectivity index (χ1) is 12.7. The number of thioether (sulfide) groups is 1. The maximum absolute atomic E-state index is 12.9. The summed E-state index contributed by atoms with van der Waals surface area (Å²) in [5.41, 5.74) is 2.96. The number of nitrogens with one attached hydrogen (secondary N) is 1. The van der Waals surface area contributed by atoms with Crippen LogP contribution in [0.25, 0.3) is 0 Å². The third-order valence-corrected chi connectivity index (χ3v) is 5.02. The monoisotopic (exact) mass is 365 g/mol. The minimum atomic E-state index is -0.260. The largest absolute Gasteiger partial charge is 0.326 e. The van der Waals surface area contributed by atoms with E-state index in [1.54, 1.807) is 23.9 Å². The second-order valence-corrected chi connectivity index (χ2v) is 7.02. The number of rotatable bonds is 7. The van der Waals surface area contributed by atoms with Gasteiger partial charge >= 0.3 is 0 Å². The molecule has 0 atom stereocenters. The van der Waals surface area contributed by atoms with Crippen molar-refractivity contribution in [3.8, 4) is 0 Å². The van der Waals surface area contributed by atoms with Crippen LogP contribution in [0.2, 0.25) is 0 Å². The molecule has 1 amide bonds. The SMILES string of the molecule is O=C(CCc1ccc(F)cc1)Nc1ccc(CSc2ccccc2)cc1. The first-order valence-corrected chi connectivity index (χ1v) is 9.49. The van der Waals surface area contributed by atoms with E-state index in [0.29, 0.717) is 12.8 Å². The Bertz CT molecular complexity index is 832. The summed E-state index contributed by atoms with van der Waals surface area (Å²) in [7, 11) is 0. The molecule has 4 heteroatoms. The van der Waals surface area contributed by atoms with Crippen molar-refractivity contribution in [3.05, 3.63) is 95.8 Å². The van der Waals surface area contributed by atoms with Crippen LogP contribution in [0.15, 0.2) is 83.8 Å². The van der Waals surface area contributed by atoms with E-state index in [1.165, 1.54) is 22.6 Å². The average Bonchev–Trinajstić information content (AvgIpc) is 2.68. The third kappa shape index (κ3) is 5.74. The van der Waals surface area contributed by atoms with E-state index in [0.717, 1.165) is 17.0 Å². The third-order valence-electron chi connectivity index (χ3n) is 3.94. The van der Waals surface area contributed by atoms with Crippen LogP contribution in [-0.2, 0) is 17.0 Å². The lowest BCUT2D eigenvalue weighted by atomic mass is 10.1. The zero-order valence-corrected chi connectivity index (χ0v) is 15.1. The van der Waals surface area contributed by atoms with Crippen molar-refractivity contribution < 1.29 is 9.18 Å². The van der Waals surface area contributed by atoms with Gasteiger partial charge in [-0.15, -0.1) is 11.8 Å². The van der Waals surface area contributed by atoms with Crippen molar-refractivity contribution in [3.63, 3.8) is 0 Å². The molecule has 1 N–H and O–H groups in total. The molecule has 0 fully saturated rings. The van der Waals surface area contributed by atoms with E-state index >= 15 is 0 Å². The van der Waals surface area contributed by atoms with Crippen LogP contribution in [0, 0.1) is 5.82 Å². The predicted octanol–water partition coefficient (Wildman–Crippen LogP) is 5.69. The summed E-state index contributed by atoms with van der Waals surface area (Å²) in [5, 5.41) is 2.90. The number of hydrogen-bond acceptors (Lipinski definition) is 2. The molecule has 2 nitrogen and oxygen atoms in total. The van der Waals surface area contributed by atoms with Crippen LogP contribution >= 0.6 is 11.8 Å². The van der Waals surface area contributed by atoms with Gasteiger partial charge in [-0.2, -0.15) is 0 Å². The van der Waals surface area contributed by atoms with E-state index in [4.69, 9.17) is 0 Å². The molecule has 0 aromatic heterocycles. The Labute approximate surface area is 157 Å². The average molecular weight is 365 g/mol. The highest BCUT2D eigenvalue weighted by Crippen LogP contribution is 2.23. The Morgan fingerprint density at radius 3 is 2.19 bits per heavy atom. The quantitative estimate of drug-likeness (QED) is 0.545. The van der Waals surface area contributed by atoms with E-state index in [-0.39, 0.29) is 11.7 Å². The number of carbonyl (C=O) groups is 1. The van der Waals surface area contributed by atoms with Crippen molar-refractivity contribution in [1.82, 2.24) is 0 Å². The maximum Gasteiger partial charge on any atom is 0.224 e. The molecule has 0 unspecified atom stereocenters. The highest BCUT2D eigenvalue weighted by Gasteiger charge is 2.04. The molecular formula is C22H20FNOS. The van der Waals surface area contributed by atoms with Gasteiger partial charge in [-0.1, -0.05) is 42.5 Å². The summed E-state index contributed by atoms with van der Waals surface area (Å²) in [6.45, 7) is 0. The Hall–Kier alpha value is -2.59. The smallest absolute Gasteiger partial charge is 0.224 e. The summed E-state index contributed by atoms with van der Waals surface area (Å²) >= 11 is 1.79. The van der Waals surface area contributed by atoms with Crippen molar-refractivity contribution in [2.45, 2.75) is 23.5 Å². The Morgan fingerprint density at radius 1 is 0.846 bits per heavy atom. The molecule has 0 aliphatic carbocycles. The number of carbonyl (C=O) groups excluding carboxylic acids is 1. The lowest BCUT2D eigenvalue weighted by molar-refractivity contribution is -0.116. The van der Waals surface area contributed by atoms with Crippen LogP contribution < -0.4 is 5.32 Å². The summed E-state index contributed by atoms with van der Waals surface area (Å²) in [6, 6.07) is 24.4. The number of benzene rings is 3. The molecule has 3 aromatic carbocycles. The van der Waals surface area contributed by atoms with E-state index < -0.39 is 0 Å². The van der Waals surface area contributed by atoms with Gasteiger partial charge in [0.2, 0.25) is 5.91 Å². The van der Waals surface area contributed by atoms with Crippen LogP contribution in [0.3, 0.4) is 0 Å². The molecule has 26 heavy (non-hydrogen) atoms. The minimum absolute atomic E-state index is 0.0410. The van der Waals surface area contributed by atoms with Crippen molar-refractivity contribution in [2.24, 2.45) is 0 Å². The number of aryl methyl sites for hydroxylation is 1. The standard InChI is InChI=1S/C22H20FNOS/c23-19-11-6-17(7-12-19)10-15-22(25)24-20-13-8-18(9-14-20)16-26-21-4-2-1-3-5-21/h1-9,11-14H,10,15-16H2,(H,24,25). The number of amides is 1. The Balaban J connectivity index is 1.45. The van der Waals surface area contributed by atoms with Crippen LogP contribution in [0.4, 0.5) is 10.1 Å². The van der Waals surface area contributed by atoms with Gasteiger partial charge in [0.25, 0.3) is 0 Å². The topological polar surface area (TPSA) is 29.1 Å². The molecule has 132 valence electrons. The number of anilines is 1. The fourth-order valence-electron chi connectivity index (χ4n) is 2.50. The molecule has 3 aromatic rings. The van der Waals surface area contributed by atoms with Crippen LogP contribution in [-0.4, -0.2) is 5.91 Å². The molecule has 0 aliphatic heterocycles. The summed E-state index contributed by atoms with van der Waals surface area (Å²) in [4.78, 5) is 13.3. The molecule has 0 spiro atoms. The maximum atomic E-state index is 12.9. The van der Waals surface area contributed by atoms with Gasteiger partial charge in [0.05, 0.1) is 0 Å². The fourth-order valence-corrected chi connectivity index (χ4v) is 3.38. The molecular weight excluding hydrogens is 345 g/mol. The van der Waals surface area contributed by atoms with Crippen molar-refractivity contribution in [1.29, 1.82) is 0 Å². The summed E-state index contributed by atoms with van der Waals surface area (Å²) < 4.78 is 12.9. The predicted molar refractivity (Wildman–Crippen MR) is 106 cm³/mol. The molecule has 0 saturated heterocycles. The lowest BCUT2D eigenvalue weighted by Crippen LogP contribution is -2.12. The zero-order chi connectivity index (χ0) is 18.2. The second kappa shape index (κ2) is 9.20. The first kappa shape index (κ1) is 18.2. The molecule has 0 saturated carbocycles. The lowest BCUT2D eigenvalue weighted by Gasteiger charge is -2.07. The van der Waals surface area contributed by atoms with Crippen molar-refractivity contribution >= 4 is 23.4 Å². The fraction of sp³-hybridized carbons (Fsp3) is 0.136. The van der Waals surface area contributed by atoms with Gasteiger partial charge in [0.15, 0.2) is 0 Å². The van der Waals surface area contributed by atoms with Gasteiger partial charge in [-0.3, -0.25) is 4.79 Å². The number of hydrogen-bond donors (Lipinski definition) is 1. The van der Waals surface area contributed by atoms with Gasteiger partial charge < -0.3 is 5.32 Å². The molecule has 3 rings (SSSR count). The van der Waals surface area contributed by atoms with Gasteiger partial charge in [0.1, 0.15) is 5.82 Å². The van der Waals surface area contributed by atoms with Gasteiger partial charge in [-0.05, 0) is 53.9 Å². The molecule has 0 radical (unpaired) electrons. The van der Waals surface area contributed by atoms with Crippen LogP contribution in [0.5, 0.6) is 0 Å². The van der Waals surface area contributed by atoms with E-state index in [1.807, 2.05) is 42.5 Å². The highest BCUT2D eigenvalue weighted by molar-refractivity contribution is 7.98. The Morgan fingerprint density at radius 2 is 1.50 bits per heavy atom. The van der Waals surface area contributed by atoms with Crippen LogP contribution in [0.1, 0.15) is 17.5 Å². The molecule has 0 aliphatic rings. The first-order valence-electron chi connectivity index (χ1n) is 8.50. The minimum Gasteiger partial charge on any atom is -0.326 e. The van der Waals surface area contributed by atoms with E-state index in [2.05, 4.69) is 17.4 Å². The molecule has 0 bridgehead atoms. The molecule has 0 heterocycles. The van der Waals surface area contributed by atoms with Gasteiger partial charge in [0, 0.05) is 22.8 Å². The van der Waals surface area contributed by atoms with E-state index in [9.17, 15) is 9.18 Å². The van der Waals surface area contributed by atoms with Crippen molar-refractivity contribution in [2.75, 3.05) is 5.32 Å². The summed E-state index contributed by atoms with van der Waals surface area (Å²) in [5.74, 6) is 0.590. The number of halogens is 1.